The first-order chi connectivity index (χ1) is 12.5. The van der Waals surface area contributed by atoms with Crippen molar-refractivity contribution in [1.82, 2.24) is 5.32 Å². The number of hydrogen-bond donors (Lipinski definition) is 3. The molecule has 0 unspecified atom stereocenters. The minimum absolute atomic E-state index is 0.216. The van der Waals surface area contributed by atoms with E-state index >= 15 is 0 Å². The van der Waals surface area contributed by atoms with Crippen LogP contribution in [0.3, 0.4) is 0 Å². The van der Waals surface area contributed by atoms with Gasteiger partial charge >= 0.3 is 6.03 Å². The van der Waals surface area contributed by atoms with E-state index in [1.165, 1.54) is 0 Å². The maximum atomic E-state index is 11.7. The Morgan fingerprint density at radius 3 is 2.81 bits per heavy atom. The summed E-state index contributed by atoms with van der Waals surface area (Å²) in [6.07, 6.45) is 0. The topological polar surface area (TPSA) is 112 Å². The molecular formula is C18H19N3O5. The van der Waals surface area contributed by atoms with Gasteiger partial charge in [-0.05, 0) is 36.8 Å². The van der Waals surface area contributed by atoms with Gasteiger partial charge in [0, 0.05) is 11.8 Å². The molecule has 1 atom stereocenters. The standard InChI is InChI=1S/C18H19N3O5/c1-11(17(22)21-18(19)23)20-13-4-2-3-12(7-13)9-24-14-5-6-15-16(8-14)26-10-25-15/h2-8,11,20H,9-10H2,1H3,(H3,19,21,22,23)/t11-/m0/s1. The molecule has 0 radical (unpaired) electrons. The van der Waals surface area contributed by atoms with E-state index in [4.69, 9.17) is 19.9 Å². The summed E-state index contributed by atoms with van der Waals surface area (Å²) in [6, 6.07) is 11.3. The molecule has 2 aromatic rings. The minimum atomic E-state index is -0.880. The van der Waals surface area contributed by atoms with Gasteiger partial charge in [-0.3, -0.25) is 10.1 Å². The molecule has 8 nitrogen and oxygen atoms in total. The predicted molar refractivity (Wildman–Crippen MR) is 94.1 cm³/mol. The van der Waals surface area contributed by atoms with E-state index in [0.29, 0.717) is 23.9 Å². The minimum Gasteiger partial charge on any atom is -0.489 e. The molecule has 2 aromatic carbocycles. The van der Waals surface area contributed by atoms with Crippen LogP contribution in [0.25, 0.3) is 0 Å². The second-order valence-corrected chi connectivity index (χ2v) is 5.72. The Balaban J connectivity index is 1.59. The summed E-state index contributed by atoms with van der Waals surface area (Å²) in [5.74, 6) is 1.53. The highest BCUT2D eigenvalue weighted by Gasteiger charge is 2.15. The van der Waals surface area contributed by atoms with Gasteiger partial charge in [-0.2, -0.15) is 0 Å². The third-order valence-corrected chi connectivity index (χ3v) is 3.70. The first kappa shape index (κ1) is 17.4. The summed E-state index contributed by atoms with van der Waals surface area (Å²) in [6.45, 7) is 2.19. The summed E-state index contributed by atoms with van der Waals surface area (Å²) in [5.41, 5.74) is 6.58. The van der Waals surface area contributed by atoms with E-state index < -0.39 is 18.0 Å². The fourth-order valence-electron chi connectivity index (χ4n) is 2.43. The molecule has 1 heterocycles. The van der Waals surface area contributed by atoms with Crippen molar-refractivity contribution >= 4 is 17.6 Å². The molecule has 0 spiro atoms. The van der Waals surface area contributed by atoms with Gasteiger partial charge in [0.25, 0.3) is 0 Å². The van der Waals surface area contributed by atoms with Crippen LogP contribution >= 0.6 is 0 Å². The molecule has 0 bridgehead atoms. The first-order valence-electron chi connectivity index (χ1n) is 7.99. The number of urea groups is 1. The maximum Gasteiger partial charge on any atom is 0.318 e. The Hall–Kier alpha value is -3.42. The van der Waals surface area contributed by atoms with Gasteiger partial charge in [0.15, 0.2) is 11.5 Å². The van der Waals surface area contributed by atoms with Crippen LogP contribution < -0.4 is 30.6 Å². The van der Waals surface area contributed by atoms with E-state index in [-0.39, 0.29) is 6.79 Å². The number of primary amides is 1. The average Bonchev–Trinajstić information content (AvgIpc) is 3.07. The SMILES string of the molecule is C[C@H](Nc1cccc(COc2ccc3c(c2)OCO3)c1)C(=O)NC(N)=O. The lowest BCUT2D eigenvalue weighted by Gasteiger charge is -2.15. The molecule has 0 aliphatic carbocycles. The van der Waals surface area contributed by atoms with Crippen LogP contribution in [0.4, 0.5) is 10.5 Å². The Bertz CT molecular complexity index is 824. The molecule has 136 valence electrons. The molecule has 1 aliphatic rings. The summed E-state index contributed by atoms with van der Waals surface area (Å²) < 4.78 is 16.4. The molecule has 0 fully saturated rings. The van der Waals surface area contributed by atoms with E-state index in [1.54, 1.807) is 19.1 Å². The molecule has 0 saturated heterocycles. The number of anilines is 1. The van der Waals surface area contributed by atoms with Gasteiger partial charge in [0.1, 0.15) is 18.4 Å². The lowest BCUT2D eigenvalue weighted by molar-refractivity contribution is -0.120. The number of fused-ring (bicyclic) bond motifs is 1. The average molecular weight is 357 g/mol. The van der Waals surface area contributed by atoms with Crippen LogP contribution in [-0.4, -0.2) is 24.8 Å². The lowest BCUT2D eigenvalue weighted by atomic mass is 10.2. The zero-order valence-corrected chi connectivity index (χ0v) is 14.2. The monoisotopic (exact) mass is 357 g/mol. The van der Waals surface area contributed by atoms with Crippen molar-refractivity contribution in [2.75, 3.05) is 12.1 Å². The second-order valence-electron chi connectivity index (χ2n) is 5.72. The Kier molecular flexibility index (Phi) is 5.12. The predicted octanol–water partition coefficient (Wildman–Crippen LogP) is 1.99. The number of hydrogen-bond acceptors (Lipinski definition) is 6. The van der Waals surface area contributed by atoms with Crippen LogP contribution in [0, 0.1) is 0 Å². The van der Waals surface area contributed by atoms with Gasteiger partial charge in [-0.25, -0.2) is 4.79 Å². The second kappa shape index (κ2) is 7.64. The number of benzene rings is 2. The van der Waals surface area contributed by atoms with E-state index in [9.17, 15) is 9.59 Å². The molecule has 3 rings (SSSR count). The molecule has 0 saturated carbocycles. The molecule has 26 heavy (non-hydrogen) atoms. The number of amides is 3. The van der Waals surface area contributed by atoms with Crippen molar-refractivity contribution in [3.05, 3.63) is 48.0 Å². The largest absolute Gasteiger partial charge is 0.489 e. The zero-order valence-electron chi connectivity index (χ0n) is 14.2. The molecule has 8 heteroatoms. The van der Waals surface area contributed by atoms with Gasteiger partial charge < -0.3 is 25.3 Å². The molecule has 3 amide bonds. The van der Waals surface area contributed by atoms with Crippen molar-refractivity contribution in [3.8, 4) is 17.2 Å². The number of imide groups is 1. The van der Waals surface area contributed by atoms with Gasteiger partial charge in [0.2, 0.25) is 12.7 Å². The van der Waals surface area contributed by atoms with Gasteiger partial charge in [-0.15, -0.1) is 0 Å². The van der Waals surface area contributed by atoms with E-state index in [0.717, 1.165) is 11.3 Å². The fraction of sp³-hybridized carbons (Fsp3) is 0.222. The molecular weight excluding hydrogens is 338 g/mol. The van der Waals surface area contributed by atoms with Gasteiger partial charge in [-0.1, -0.05) is 12.1 Å². The summed E-state index contributed by atoms with van der Waals surface area (Å²) in [4.78, 5) is 22.5. The number of carbonyl (C=O) groups is 2. The third-order valence-electron chi connectivity index (χ3n) is 3.70. The van der Waals surface area contributed by atoms with Crippen molar-refractivity contribution < 1.29 is 23.8 Å². The van der Waals surface area contributed by atoms with Crippen molar-refractivity contribution in [1.29, 1.82) is 0 Å². The highest BCUT2D eigenvalue weighted by atomic mass is 16.7. The van der Waals surface area contributed by atoms with Crippen LogP contribution in [0.5, 0.6) is 17.2 Å². The lowest BCUT2D eigenvalue weighted by Crippen LogP contribution is -2.43. The fourth-order valence-corrected chi connectivity index (χ4v) is 2.43. The quantitative estimate of drug-likeness (QED) is 0.729. The van der Waals surface area contributed by atoms with E-state index in [1.807, 2.05) is 35.6 Å². The highest BCUT2D eigenvalue weighted by Crippen LogP contribution is 2.35. The number of ether oxygens (including phenoxy) is 3. The molecule has 0 aromatic heterocycles. The number of carbonyl (C=O) groups excluding carboxylic acids is 2. The Labute approximate surface area is 150 Å². The Morgan fingerprint density at radius 2 is 2.00 bits per heavy atom. The number of nitrogens with one attached hydrogen (secondary N) is 2. The van der Waals surface area contributed by atoms with Crippen LogP contribution in [-0.2, 0) is 11.4 Å². The van der Waals surface area contributed by atoms with Crippen molar-refractivity contribution in [3.63, 3.8) is 0 Å². The number of nitrogens with two attached hydrogens (primary N) is 1. The zero-order chi connectivity index (χ0) is 18.5. The van der Waals surface area contributed by atoms with Gasteiger partial charge in [0.05, 0.1) is 0 Å². The smallest absolute Gasteiger partial charge is 0.318 e. The normalized spacial score (nSPS) is 13.0. The number of rotatable bonds is 6. The maximum absolute atomic E-state index is 11.7. The van der Waals surface area contributed by atoms with E-state index in [2.05, 4.69) is 5.32 Å². The summed E-state index contributed by atoms with van der Waals surface area (Å²) >= 11 is 0. The Morgan fingerprint density at radius 1 is 1.19 bits per heavy atom. The molecule has 1 aliphatic heterocycles. The van der Waals surface area contributed by atoms with Crippen LogP contribution in [0.2, 0.25) is 0 Å². The van der Waals surface area contributed by atoms with Crippen molar-refractivity contribution in [2.45, 2.75) is 19.6 Å². The first-order valence-corrected chi connectivity index (χ1v) is 7.99. The molecule has 4 N–H and O–H groups in total. The summed E-state index contributed by atoms with van der Waals surface area (Å²) in [5, 5.41) is 5.04. The van der Waals surface area contributed by atoms with Crippen LogP contribution in [0.15, 0.2) is 42.5 Å². The van der Waals surface area contributed by atoms with Crippen molar-refractivity contribution in [2.24, 2.45) is 5.73 Å². The highest BCUT2D eigenvalue weighted by molar-refractivity contribution is 5.97. The summed E-state index contributed by atoms with van der Waals surface area (Å²) in [7, 11) is 0. The van der Waals surface area contributed by atoms with Crippen LogP contribution in [0.1, 0.15) is 12.5 Å². The third kappa shape index (κ3) is 4.35.